The maximum Gasteiger partial charge on any atom is 0.417 e. The van der Waals surface area contributed by atoms with Gasteiger partial charge in [0.15, 0.2) is 5.82 Å². The molecular weight excluding hydrogens is 423 g/mol. The van der Waals surface area contributed by atoms with E-state index in [1.54, 1.807) is 0 Å². The van der Waals surface area contributed by atoms with Gasteiger partial charge in [0.2, 0.25) is 10.0 Å². The van der Waals surface area contributed by atoms with Gasteiger partial charge in [-0.15, -0.1) is 5.10 Å². The van der Waals surface area contributed by atoms with E-state index in [0.29, 0.717) is 30.6 Å². The maximum absolute atomic E-state index is 13.6. The summed E-state index contributed by atoms with van der Waals surface area (Å²) >= 11 is 0. The first kappa shape index (κ1) is 21.0. The van der Waals surface area contributed by atoms with Crippen molar-refractivity contribution in [3.05, 3.63) is 17.7 Å². The second kappa shape index (κ2) is 7.46. The number of benzene rings is 1. The molecule has 164 valence electrons. The third kappa shape index (κ3) is 3.88. The Hall–Kier alpha value is -2.25. The quantitative estimate of drug-likeness (QED) is 0.647. The molecule has 0 unspecified atom stereocenters. The van der Waals surface area contributed by atoms with E-state index in [2.05, 4.69) is 20.6 Å². The molecule has 2 aromatic rings. The van der Waals surface area contributed by atoms with Crippen molar-refractivity contribution in [1.82, 2.24) is 20.6 Å². The zero-order chi connectivity index (χ0) is 21.7. The molecule has 1 saturated carbocycles. The van der Waals surface area contributed by atoms with Crippen molar-refractivity contribution in [2.45, 2.75) is 42.8 Å². The third-order valence-electron chi connectivity index (χ3n) is 6.07. The highest BCUT2D eigenvalue weighted by molar-refractivity contribution is 7.89. The Labute approximate surface area is 171 Å². The molecule has 2 aliphatic rings. The van der Waals surface area contributed by atoms with E-state index < -0.39 is 26.7 Å². The normalized spacial score (nSPS) is 23.4. The Bertz CT molecular complexity index is 1010. The number of halogens is 3. The van der Waals surface area contributed by atoms with Gasteiger partial charge in [-0.2, -0.15) is 13.2 Å². The molecule has 13 heteroatoms. The fourth-order valence-corrected chi connectivity index (χ4v) is 5.53. The minimum absolute atomic E-state index is 0.188. The summed E-state index contributed by atoms with van der Waals surface area (Å²) in [5.41, 5.74) is 4.57. The molecule has 1 aromatic carbocycles. The first-order valence-corrected chi connectivity index (χ1v) is 11.1. The molecule has 30 heavy (non-hydrogen) atoms. The number of sulfonamides is 1. The summed E-state index contributed by atoms with van der Waals surface area (Å²) < 4.78 is 65.2. The molecule has 0 radical (unpaired) electrons. The Kier molecular flexibility index (Phi) is 5.22. The van der Waals surface area contributed by atoms with E-state index in [-0.39, 0.29) is 17.4 Å². The van der Waals surface area contributed by atoms with Crippen molar-refractivity contribution in [1.29, 1.82) is 0 Å². The standard InChI is InChI=1S/C17H22F3N7O2S/c18-17(19,20)12-1-2-13(14(15(12)30(22,28)29)16-23-25-26-24-16)27-5-3-9(4-6-27)10-7-11(21)8-10/h1-2,9-11H,3-8,21H2,(H2,22,28,29)(H,23,24,25,26). The van der Waals surface area contributed by atoms with Gasteiger partial charge in [0.25, 0.3) is 0 Å². The number of alkyl halides is 3. The van der Waals surface area contributed by atoms with Gasteiger partial charge >= 0.3 is 6.18 Å². The number of piperidine rings is 1. The molecule has 4 rings (SSSR count). The van der Waals surface area contributed by atoms with Crippen molar-refractivity contribution in [2.24, 2.45) is 22.7 Å². The molecule has 1 aliphatic carbocycles. The van der Waals surface area contributed by atoms with Crippen LogP contribution in [-0.2, 0) is 16.2 Å². The molecule has 0 bridgehead atoms. The van der Waals surface area contributed by atoms with Gasteiger partial charge in [-0.05, 0) is 60.1 Å². The first-order chi connectivity index (χ1) is 14.1. The third-order valence-corrected chi connectivity index (χ3v) is 7.06. The van der Waals surface area contributed by atoms with E-state index in [9.17, 15) is 21.6 Å². The van der Waals surface area contributed by atoms with Crippen LogP contribution in [0.4, 0.5) is 18.9 Å². The lowest BCUT2D eigenvalue weighted by Gasteiger charge is -2.43. The average molecular weight is 445 g/mol. The predicted molar refractivity (Wildman–Crippen MR) is 102 cm³/mol. The van der Waals surface area contributed by atoms with E-state index in [0.717, 1.165) is 31.7 Å². The number of hydrogen-bond acceptors (Lipinski definition) is 7. The highest BCUT2D eigenvalue weighted by Crippen LogP contribution is 2.44. The Morgan fingerprint density at radius 1 is 1.13 bits per heavy atom. The van der Waals surface area contributed by atoms with Crippen LogP contribution in [0.15, 0.2) is 17.0 Å². The van der Waals surface area contributed by atoms with Crippen LogP contribution in [0, 0.1) is 11.8 Å². The van der Waals surface area contributed by atoms with E-state index in [1.165, 1.54) is 6.07 Å². The van der Waals surface area contributed by atoms with Crippen molar-refractivity contribution in [3.63, 3.8) is 0 Å². The lowest BCUT2D eigenvalue weighted by molar-refractivity contribution is -0.139. The maximum atomic E-state index is 13.6. The number of nitrogens with two attached hydrogens (primary N) is 2. The van der Waals surface area contributed by atoms with Crippen LogP contribution in [-0.4, -0.2) is 48.2 Å². The van der Waals surface area contributed by atoms with Crippen LogP contribution >= 0.6 is 0 Å². The number of tetrazole rings is 1. The molecule has 5 N–H and O–H groups in total. The summed E-state index contributed by atoms with van der Waals surface area (Å²) in [6, 6.07) is 2.26. The lowest BCUT2D eigenvalue weighted by atomic mass is 9.69. The van der Waals surface area contributed by atoms with Gasteiger partial charge < -0.3 is 10.6 Å². The van der Waals surface area contributed by atoms with Crippen molar-refractivity contribution < 1.29 is 21.6 Å². The number of hydrogen-bond donors (Lipinski definition) is 3. The van der Waals surface area contributed by atoms with Crippen molar-refractivity contribution >= 4 is 15.7 Å². The number of anilines is 1. The van der Waals surface area contributed by atoms with E-state index in [4.69, 9.17) is 10.9 Å². The lowest BCUT2D eigenvalue weighted by Crippen LogP contribution is -2.44. The van der Waals surface area contributed by atoms with Crippen LogP contribution in [0.3, 0.4) is 0 Å². The van der Waals surface area contributed by atoms with Crippen LogP contribution in [0.1, 0.15) is 31.2 Å². The van der Waals surface area contributed by atoms with Crippen LogP contribution in [0.25, 0.3) is 11.4 Å². The van der Waals surface area contributed by atoms with Gasteiger partial charge in [0.1, 0.15) is 4.90 Å². The number of H-pyrrole nitrogens is 1. The largest absolute Gasteiger partial charge is 0.417 e. The van der Waals surface area contributed by atoms with Gasteiger partial charge in [-0.1, -0.05) is 0 Å². The Morgan fingerprint density at radius 2 is 1.80 bits per heavy atom. The zero-order valence-electron chi connectivity index (χ0n) is 15.9. The molecule has 0 atom stereocenters. The molecule has 1 saturated heterocycles. The SMILES string of the molecule is NC1CC(C2CCN(c3ccc(C(F)(F)F)c(S(N)(=O)=O)c3-c3nnn[nH]3)CC2)C1. The molecule has 2 fully saturated rings. The number of nitrogens with zero attached hydrogens (tertiary/aromatic N) is 4. The summed E-state index contributed by atoms with van der Waals surface area (Å²) in [6.45, 7) is 1.14. The zero-order valence-corrected chi connectivity index (χ0v) is 16.7. The second-order valence-electron chi connectivity index (χ2n) is 7.95. The molecule has 0 amide bonds. The number of aromatic amines is 1. The Morgan fingerprint density at radius 3 is 2.30 bits per heavy atom. The molecule has 0 spiro atoms. The summed E-state index contributed by atoms with van der Waals surface area (Å²) in [4.78, 5) is 0.833. The summed E-state index contributed by atoms with van der Waals surface area (Å²) in [5, 5.41) is 18.0. The highest BCUT2D eigenvalue weighted by atomic mass is 32.2. The van der Waals surface area contributed by atoms with Gasteiger partial charge in [0.05, 0.1) is 11.1 Å². The molecule has 1 aliphatic heterocycles. The second-order valence-corrected chi connectivity index (χ2v) is 9.44. The average Bonchev–Trinajstić information content (AvgIpc) is 3.17. The van der Waals surface area contributed by atoms with Crippen molar-refractivity contribution in [2.75, 3.05) is 18.0 Å². The molecule has 9 nitrogen and oxygen atoms in total. The number of rotatable bonds is 4. The molecule has 2 heterocycles. The molecule has 1 aromatic heterocycles. The highest BCUT2D eigenvalue weighted by Gasteiger charge is 2.41. The first-order valence-electron chi connectivity index (χ1n) is 9.57. The minimum Gasteiger partial charge on any atom is -0.371 e. The number of primary sulfonamides is 1. The van der Waals surface area contributed by atoms with Gasteiger partial charge in [-0.3, -0.25) is 0 Å². The van der Waals surface area contributed by atoms with E-state index in [1.807, 2.05) is 4.90 Å². The van der Waals surface area contributed by atoms with Crippen LogP contribution < -0.4 is 15.8 Å². The van der Waals surface area contributed by atoms with Gasteiger partial charge in [-0.25, -0.2) is 18.7 Å². The summed E-state index contributed by atoms with van der Waals surface area (Å²) in [5.74, 6) is 0.892. The minimum atomic E-state index is -4.92. The van der Waals surface area contributed by atoms with Gasteiger partial charge in [0, 0.05) is 24.8 Å². The fraction of sp³-hybridized carbons (Fsp3) is 0.588. The fourth-order valence-electron chi connectivity index (χ4n) is 4.55. The topological polar surface area (TPSA) is 144 Å². The number of nitrogens with one attached hydrogen (secondary N) is 1. The Balaban J connectivity index is 1.75. The monoisotopic (exact) mass is 445 g/mol. The smallest absolute Gasteiger partial charge is 0.371 e. The van der Waals surface area contributed by atoms with Crippen molar-refractivity contribution in [3.8, 4) is 11.4 Å². The number of aromatic nitrogens is 4. The summed E-state index contributed by atoms with van der Waals surface area (Å²) in [7, 11) is -4.74. The van der Waals surface area contributed by atoms with Crippen LogP contribution in [0.5, 0.6) is 0 Å². The predicted octanol–water partition coefficient (Wildman–Crippen LogP) is 1.49. The summed E-state index contributed by atoms with van der Waals surface area (Å²) in [6.07, 6.45) is -1.24. The van der Waals surface area contributed by atoms with E-state index >= 15 is 0 Å². The molecular formula is C17H22F3N7O2S. The van der Waals surface area contributed by atoms with Crippen LogP contribution in [0.2, 0.25) is 0 Å².